The van der Waals surface area contributed by atoms with E-state index in [0.29, 0.717) is 5.92 Å². The summed E-state index contributed by atoms with van der Waals surface area (Å²) in [6.07, 6.45) is 1.93. The van der Waals surface area contributed by atoms with Crippen molar-refractivity contribution in [3.8, 4) is 0 Å². The van der Waals surface area contributed by atoms with Crippen LogP contribution in [-0.2, 0) is 15.1 Å². The first kappa shape index (κ1) is 14.1. The molecule has 3 nitrogen and oxygen atoms in total. The normalized spacial score (nSPS) is 30.9. The van der Waals surface area contributed by atoms with Crippen molar-refractivity contribution in [2.45, 2.75) is 32.3 Å². The van der Waals surface area contributed by atoms with Gasteiger partial charge in [-0.15, -0.1) is 0 Å². The molecule has 1 heterocycles. The van der Waals surface area contributed by atoms with Gasteiger partial charge in [-0.05, 0) is 12.0 Å². The van der Waals surface area contributed by atoms with Crippen LogP contribution in [0.15, 0.2) is 30.3 Å². The molecule has 0 bridgehead atoms. The standard InChI is InChI=1S/C16H23NO2/c1-4-14-12-17(3)11-10-16(14,19-13(2)18)15-8-6-5-7-9-15/h5-9,14H,4,10-12H2,1-3H3/p+1/t14-,16-/m1/s1. The molecule has 19 heavy (non-hydrogen) atoms. The van der Waals surface area contributed by atoms with Crippen molar-refractivity contribution in [3.63, 3.8) is 0 Å². The van der Waals surface area contributed by atoms with E-state index in [9.17, 15) is 4.79 Å². The number of rotatable bonds is 3. The molecular formula is C16H24NO2+. The minimum Gasteiger partial charge on any atom is -0.454 e. The summed E-state index contributed by atoms with van der Waals surface area (Å²) < 4.78 is 5.86. The number of benzene rings is 1. The second kappa shape index (κ2) is 5.74. The van der Waals surface area contributed by atoms with Crippen LogP contribution in [0, 0.1) is 5.92 Å². The third-order valence-electron chi connectivity index (χ3n) is 4.26. The molecule has 0 saturated carbocycles. The van der Waals surface area contributed by atoms with Gasteiger partial charge in [0.1, 0.15) is 0 Å². The van der Waals surface area contributed by atoms with Crippen LogP contribution in [0.5, 0.6) is 0 Å². The third-order valence-corrected chi connectivity index (χ3v) is 4.26. The van der Waals surface area contributed by atoms with E-state index >= 15 is 0 Å². The second-order valence-corrected chi connectivity index (χ2v) is 5.62. The van der Waals surface area contributed by atoms with Crippen LogP contribution in [0.2, 0.25) is 0 Å². The van der Waals surface area contributed by atoms with Crippen LogP contribution in [0.25, 0.3) is 0 Å². The SMILES string of the molecule is CC[C@@H]1C[NH+](C)CC[C@]1(OC(C)=O)c1ccccc1. The van der Waals surface area contributed by atoms with Gasteiger partial charge >= 0.3 is 5.97 Å². The molecule has 1 aromatic rings. The summed E-state index contributed by atoms with van der Waals surface area (Å²) in [6, 6.07) is 10.2. The number of carbonyl (C=O) groups excluding carboxylic acids is 1. The summed E-state index contributed by atoms with van der Waals surface area (Å²) in [4.78, 5) is 13.1. The zero-order chi connectivity index (χ0) is 13.9. The van der Waals surface area contributed by atoms with E-state index < -0.39 is 5.60 Å². The highest BCUT2D eigenvalue weighted by atomic mass is 16.6. The lowest BCUT2D eigenvalue weighted by molar-refractivity contribution is -0.892. The molecule has 1 aliphatic heterocycles. The maximum absolute atomic E-state index is 11.6. The van der Waals surface area contributed by atoms with Gasteiger partial charge in [0.25, 0.3) is 0 Å². The smallest absolute Gasteiger partial charge is 0.303 e. The predicted molar refractivity (Wildman–Crippen MR) is 74.9 cm³/mol. The average molecular weight is 262 g/mol. The first-order valence-corrected chi connectivity index (χ1v) is 7.15. The zero-order valence-electron chi connectivity index (χ0n) is 12.1. The lowest BCUT2D eigenvalue weighted by Gasteiger charge is -2.44. The molecule has 0 aliphatic carbocycles. The van der Waals surface area contributed by atoms with Gasteiger partial charge in [-0.25, -0.2) is 0 Å². The van der Waals surface area contributed by atoms with E-state index in [-0.39, 0.29) is 5.97 Å². The van der Waals surface area contributed by atoms with Crippen molar-refractivity contribution < 1.29 is 14.4 Å². The third kappa shape index (κ3) is 2.81. The Balaban J connectivity index is 2.41. The summed E-state index contributed by atoms with van der Waals surface area (Å²) in [5, 5.41) is 0. The fourth-order valence-electron chi connectivity index (χ4n) is 3.31. The van der Waals surface area contributed by atoms with Crippen molar-refractivity contribution in [2.24, 2.45) is 5.92 Å². The molecule has 0 spiro atoms. The monoisotopic (exact) mass is 262 g/mol. The molecule has 1 aromatic carbocycles. The summed E-state index contributed by atoms with van der Waals surface area (Å²) in [7, 11) is 2.21. The number of hydrogen-bond donors (Lipinski definition) is 1. The number of hydrogen-bond acceptors (Lipinski definition) is 2. The predicted octanol–water partition coefficient (Wildman–Crippen LogP) is 1.39. The lowest BCUT2D eigenvalue weighted by Crippen LogP contribution is -3.11. The molecule has 2 rings (SSSR count). The molecule has 1 fully saturated rings. The van der Waals surface area contributed by atoms with E-state index in [1.165, 1.54) is 11.8 Å². The van der Waals surface area contributed by atoms with E-state index in [0.717, 1.165) is 31.5 Å². The van der Waals surface area contributed by atoms with Crippen molar-refractivity contribution in [3.05, 3.63) is 35.9 Å². The number of likely N-dealkylation sites (tertiary alicyclic amines) is 1. The Morgan fingerprint density at radius 1 is 1.42 bits per heavy atom. The highest BCUT2D eigenvalue weighted by Crippen LogP contribution is 2.39. The Morgan fingerprint density at radius 3 is 2.68 bits per heavy atom. The minimum atomic E-state index is -0.429. The van der Waals surface area contributed by atoms with E-state index in [4.69, 9.17) is 4.74 Å². The van der Waals surface area contributed by atoms with Gasteiger partial charge in [0.2, 0.25) is 0 Å². The fourth-order valence-corrected chi connectivity index (χ4v) is 3.31. The van der Waals surface area contributed by atoms with E-state index in [1.807, 2.05) is 18.2 Å². The molecule has 3 atom stereocenters. The Hall–Kier alpha value is -1.35. The number of piperidine rings is 1. The van der Waals surface area contributed by atoms with Crippen LogP contribution in [-0.4, -0.2) is 26.1 Å². The van der Waals surface area contributed by atoms with Crippen molar-refractivity contribution >= 4 is 5.97 Å². The van der Waals surface area contributed by atoms with Gasteiger partial charge in [0.15, 0.2) is 5.60 Å². The van der Waals surface area contributed by atoms with Gasteiger partial charge in [-0.1, -0.05) is 37.3 Å². The number of carbonyl (C=O) groups is 1. The van der Waals surface area contributed by atoms with Crippen LogP contribution in [0.4, 0.5) is 0 Å². The molecule has 0 radical (unpaired) electrons. The Bertz CT molecular complexity index is 432. The summed E-state index contributed by atoms with van der Waals surface area (Å²) >= 11 is 0. The van der Waals surface area contributed by atoms with Crippen molar-refractivity contribution in [1.82, 2.24) is 0 Å². The second-order valence-electron chi connectivity index (χ2n) is 5.62. The highest BCUT2D eigenvalue weighted by molar-refractivity contribution is 5.67. The molecule has 0 amide bonds. The minimum absolute atomic E-state index is 0.179. The van der Waals surface area contributed by atoms with Crippen LogP contribution < -0.4 is 4.90 Å². The molecule has 1 unspecified atom stereocenters. The van der Waals surface area contributed by atoms with Crippen LogP contribution in [0.1, 0.15) is 32.3 Å². The summed E-state index contributed by atoms with van der Waals surface area (Å²) in [6.45, 7) is 5.80. The molecule has 3 heteroatoms. The lowest BCUT2D eigenvalue weighted by atomic mass is 9.74. The average Bonchev–Trinajstić information content (AvgIpc) is 2.41. The molecule has 1 N–H and O–H groups in total. The van der Waals surface area contributed by atoms with Crippen molar-refractivity contribution in [2.75, 3.05) is 20.1 Å². The quantitative estimate of drug-likeness (QED) is 0.835. The largest absolute Gasteiger partial charge is 0.454 e. The number of quaternary nitrogens is 1. The van der Waals surface area contributed by atoms with Gasteiger partial charge in [-0.3, -0.25) is 4.79 Å². The Kier molecular flexibility index (Phi) is 4.25. The number of esters is 1. The topological polar surface area (TPSA) is 30.7 Å². The zero-order valence-corrected chi connectivity index (χ0v) is 12.1. The molecule has 104 valence electrons. The number of nitrogens with one attached hydrogen (secondary N) is 1. The molecule has 1 aliphatic rings. The maximum Gasteiger partial charge on any atom is 0.303 e. The van der Waals surface area contributed by atoms with E-state index in [2.05, 4.69) is 26.1 Å². The van der Waals surface area contributed by atoms with E-state index in [1.54, 1.807) is 0 Å². The Morgan fingerprint density at radius 2 is 2.11 bits per heavy atom. The summed E-state index contributed by atoms with van der Waals surface area (Å²) in [5.74, 6) is 0.203. The fraction of sp³-hybridized carbons (Fsp3) is 0.562. The summed E-state index contributed by atoms with van der Waals surface area (Å²) in [5.41, 5.74) is 0.714. The van der Waals surface area contributed by atoms with Gasteiger partial charge in [0.05, 0.1) is 26.1 Å². The van der Waals surface area contributed by atoms with Gasteiger partial charge < -0.3 is 9.64 Å². The molecule has 1 saturated heterocycles. The first-order chi connectivity index (χ1) is 9.08. The van der Waals surface area contributed by atoms with Gasteiger partial charge in [0, 0.05) is 13.3 Å². The first-order valence-electron chi connectivity index (χ1n) is 7.15. The Labute approximate surface area is 115 Å². The highest BCUT2D eigenvalue weighted by Gasteiger charge is 2.47. The maximum atomic E-state index is 11.6. The number of ether oxygens (including phenoxy) is 1. The van der Waals surface area contributed by atoms with Crippen LogP contribution >= 0.6 is 0 Å². The molecular weight excluding hydrogens is 238 g/mol. The molecule has 0 aromatic heterocycles. The van der Waals surface area contributed by atoms with Crippen molar-refractivity contribution in [1.29, 1.82) is 0 Å². The van der Waals surface area contributed by atoms with Gasteiger partial charge in [-0.2, -0.15) is 0 Å². The van der Waals surface area contributed by atoms with Crippen LogP contribution in [0.3, 0.4) is 0 Å².